The van der Waals surface area contributed by atoms with Crippen LogP contribution in [0, 0.1) is 10.1 Å². The van der Waals surface area contributed by atoms with Crippen molar-refractivity contribution in [2.45, 2.75) is 6.42 Å². The molecule has 1 heterocycles. The standard InChI is InChI=1S/C18H14N4O3/c23-17(11-13-6-8-16(9-7-13)22(24)25)21-20-12-15-4-1-3-14-5-2-10-19-18(14)15/h1-10,12H,11H2,(H,21,23)/b20-12+. The van der Waals surface area contributed by atoms with E-state index in [0.717, 1.165) is 16.5 Å². The third kappa shape index (κ3) is 4.03. The minimum atomic E-state index is -0.480. The van der Waals surface area contributed by atoms with E-state index in [1.165, 1.54) is 12.1 Å². The van der Waals surface area contributed by atoms with Crippen molar-refractivity contribution in [1.29, 1.82) is 0 Å². The second-order valence-electron chi connectivity index (χ2n) is 5.32. The number of nitrogens with zero attached hydrogens (tertiary/aromatic N) is 3. The first-order valence-corrected chi connectivity index (χ1v) is 7.52. The summed E-state index contributed by atoms with van der Waals surface area (Å²) < 4.78 is 0. The van der Waals surface area contributed by atoms with Gasteiger partial charge in [0, 0.05) is 29.3 Å². The number of fused-ring (bicyclic) bond motifs is 1. The zero-order valence-corrected chi connectivity index (χ0v) is 13.1. The zero-order valence-electron chi connectivity index (χ0n) is 13.1. The third-order valence-corrected chi connectivity index (χ3v) is 3.57. The molecule has 0 atom stereocenters. The number of rotatable bonds is 5. The Bertz CT molecular complexity index is 947. The van der Waals surface area contributed by atoms with E-state index >= 15 is 0 Å². The number of hydrazone groups is 1. The number of nitro groups is 1. The van der Waals surface area contributed by atoms with Crippen molar-refractivity contribution >= 4 is 28.7 Å². The highest BCUT2D eigenvalue weighted by atomic mass is 16.6. The minimum absolute atomic E-state index is 0.00867. The summed E-state index contributed by atoms with van der Waals surface area (Å²) in [4.78, 5) is 26.3. The third-order valence-electron chi connectivity index (χ3n) is 3.57. The largest absolute Gasteiger partial charge is 0.273 e. The molecule has 7 heteroatoms. The average Bonchev–Trinajstić information content (AvgIpc) is 2.62. The Hall–Kier alpha value is -3.61. The number of amides is 1. The van der Waals surface area contributed by atoms with E-state index in [9.17, 15) is 14.9 Å². The fraction of sp³-hybridized carbons (Fsp3) is 0.0556. The molecule has 124 valence electrons. The van der Waals surface area contributed by atoms with Crippen LogP contribution in [0.4, 0.5) is 5.69 Å². The summed E-state index contributed by atoms with van der Waals surface area (Å²) >= 11 is 0. The number of hydrogen-bond acceptors (Lipinski definition) is 5. The highest BCUT2D eigenvalue weighted by Crippen LogP contribution is 2.14. The lowest BCUT2D eigenvalue weighted by molar-refractivity contribution is -0.384. The van der Waals surface area contributed by atoms with Crippen molar-refractivity contribution in [2.75, 3.05) is 0 Å². The molecule has 2 aromatic carbocycles. The van der Waals surface area contributed by atoms with Crippen molar-refractivity contribution in [2.24, 2.45) is 5.10 Å². The summed E-state index contributed by atoms with van der Waals surface area (Å²) in [5, 5.41) is 15.6. The van der Waals surface area contributed by atoms with E-state index in [4.69, 9.17) is 0 Å². The number of pyridine rings is 1. The van der Waals surface area contributed by atoms with E-state index < -0.39 is 4.92 Å². The van der Waals surface area contributed by atoms with Gasteiger partial charge >= 0.3 is 0 Å². The molecule has 0 fully saturated rings. The van der Waals surface area contributed by atoms with Gasteiger partial charge in [-0.15, -0.1) is 0 Å². The maximum atomic E-state index is 11.9. The average molecular weight is 334 g/mol. The van der Waals surface area contributed by atoms with Crippen molar-refractivity contribution in [3.63, 3.8) is 0 Å². The zero-order chi connectivity index (χ0) is 17.6. The molecule has 0 aliphatic heterocycles. The van der Waals surface area contributed by atoms with Gasteiger partial charge in [-0.25, -0.2) is 5.43 Å². The molecule has 3 aromatic rings. The SMILES string of the molecule is O=C(Cc1ccc([N+](=O)[O-])cc1)N/N=C/c1cccc2cccnc12. The summed E-state index contributed by atoms with van der Waals surface area (Å²) in [7, 11) is 0. The molecule has 3 rings (SSSR count). The molecule has 0 bridgehead atoms. The second kappa shape index (κ2) is 7.31. The quantitative estimate of drug-likeness (QED) is 0.441. The van der Waals surface area contributed by atoms with Crippen molar-refractivity contribution in [3.8, 4) is 0 Å². The first-order valence-electron chi connectivity index (χ1n) is 7.52. The van der Waals surface area contributed by atoms with E-state index in [-0.39, 0.29) is 18.0 Å². The topological polar surface area (TPSA) is 97.5 Å². The molecule has 7 nitrogen and oxygen atoms in total. The lowest BCUT2D eigenvalue weighted by Gasteiger charge is -2.02. The van der Waals surface area contributed by atoms with Crippen LogP contribution in [-0.4, -0.2) is 22.0 Å². The minimum Gasteiger partial charge on any atom is -0.273 e. The van der Waals surface area contributed by atoms with E-state index in [0.29, 0.717) is 5.56 Å². The first-order chi connectivity index (χ1) is 12.1. The number of benzene rings is 2. The number of para-hydroxylation sites is 1. The normalized spacial score (nSPS) is 10.9. The van der Waals surface area contributed by atoms with Crippen LogP contribution in [-0.2, 0) is 11.2 Å². The van der Waals surface area contributed by atoms with Gasteiger partial charge in [-0.3, -0.25) is 19.9 Å². The molecule has 1 N–H and O–H groups in total. The fourth-order valence-corrected chi connectivity index (χ4v) is 2.37. The van der Waals surface area contributed by atoms with Gasteiger partial charge < -0.3 is 0 Å². The van der Waals surface area contributed by atoms with Gasteiger partial charge in [0.2, 0.25) is 5.91 Å². The molecule has 0 radical (unpaired) electrons. The van der Waals surface area contributed by atoms with Crippen molar-refractivity contribution in [3.05, 3.63) is 82.0 Å². The number of carbonyl (C=O) groups is 1. The molecule has 1 aromatic heterocycles. The summed E-state index contributed by atoms with van der Waals surface area (Å²) in [6, 6.07) is 15.4. The van der Waals surface area contributed by atoms with Gasteiger partial charge in [-0.05, 0) is 11.6 Å². The monoisotopic (exact) mass is 334 g/mol. The Morgan fingerprint density at radius 1 is 1.16 bits per heavy atom. The Labute approximate surface area is 143 Å². The molecule has 0 aliphatic rings. The summed E-state index contributed by atoms with van der Waals surface area (Å²) in [6.45, 7) is 0. The van der Waals surface area contributed by atoms with Gasteiger partial charge in [-0.2, -0.15) is 5.10 Å². The Morgan fingerprint density at radius 2 is 1.92 bits per heavy atom. The van der Waals surface area contributed by atoms with E-state index in [1.54, 1.807) is 24.5 Å². The molecule has 25 heavy (non-hydrogen) atoms. The number of nitro benzene ring substituents is 1. The Morgan fingerprint density at radius 3 is 2.68 bits per heavy atom. The molecular weight excluding hydrogens is 320 g/mol. The summed E-state index contributed by atoms with van der Waals surface area (Å²) in [5.41, 5.74) is 4.72. The molecule has 0 spiro atoms. The molecule has 1 amide bonds. The molecule has 0 saturated carbocycles. The predicted molar refractivity (Wildman–Crippen MR) is 94.3 cm³/mol. The summed E-state index contributed by atoms with van der Waals surface area (Å²) in [5.74, 6) is -0.307. The van der Waals surface area contributed by atoms with Crippen LogP contribution in [0.3, 0.4) is 0 Å². The van der Waals surface area contributed by atoms with Crippen LogP contribution in [0.15, 0.2) is 65.9 Å². The van der Waals surface area contributed by atoms with Gasteiger partial charge in [0.25, 0.3) is 5.69 Å². The van der Waals surface area contributed by atoms with E-state index in [1.807, 2.05) is 30.3 Å². The van der Waals surface area contributed by atoms with Crippen LogP contribution in [0.1, 0.15) is 11.1 Å². The maximum absolute atomic E-state index is 11.9. The number of aromatic nitrogens is 1. The van der Waals surface area contributed by atoms with Gasteiger partial charge in [-0.1, -0.05) is 36.4 Å². The first kappa shape index (κ1) is 16.3. The predicted octanol–water partition coefficient (Wildman–Crippen LogP) is 2.84. The highest BCUT2D eigenvalue weighted by Gasteiger charge is 2.07. The van der Waals surface area contributed by atoms with Crippen LogP contribution < -0.4 is 5.43 Å². The maximum Gasteiger partial charge on any atom is 0.269 e. The molecule has 0 saturated heterocycles. The Kier molecular flexibility index (Phi) is 4.75. The molecular formula is C18H14N4O3. The fourth-order valence-electron chi connectivity index (χ4n) is 2.37. The van der Waals surface area contributed by atoms with Crippen molar-refractivity contribution < 1.29 is 9.72 Å². The highest BCUT2D eigenvalue weighted by molar-refractivity contribution is 5.97. The van der Waals surface area contributed by atoms with Crippen LogP contribution in [0.2, 0.25) is 0 Å². The number of hydrogen-bond donors (Lipinski definition) is 1. The van der Waals surface area contributed by atoms with Crippen LogP contribution in [0.5, 0.6) is 0 Å². The lowest BCUT2D eigenvalue weighted by atomic mass is 10.1. The van der Waals surface area contributed by atoms with Crippen LogP contribution >= 0.6 is 0 Å². The second-order valence-corrected chi connectivity index (χ2v) is 5.32. The van der Waals surface area contributed by atoms with E-state index in [2.05, 4.69) is 15.5 Å². The van der Waals surface area contributed by atoms with Crippen LogP contribution in [0.25, 0.3) is 10.9 Å². The van der Waals surface area contributed by atoms with Gasteiger partial charge in [0.05, 0.1) is 23.1 Å². The number of non-ortho nitro benzene ring substituents is 1. The Balaban J connectivity index is 1.63. The van der Waals surface area contributed by atoms with Gasteiger partial charge in [0.1, 0.15) is 0 Å². The number of carbonyl (C=O) groups excluding carboxylic acids is 1. The summed E-state index contributed by atoms with van der Waals surface area (Å²) in [6.07, 6.45) is 3.33. The molecule has 0 aliphatic carbocycles. The number of nitrogens with one attached hydrogen (secondary N) is 1. The smallest absolute Gasteiger partial charge is 0.269 e. The van der Waals surface area contributed by atoms with Gasteiger partial charge in [0.15, 0.2) is 0 Å². The lowest BCUT2D eigenvalue weighted by Crippen LogP contribution is -2.19. The van der Waals surface area contributed by atoms with Crippen molar-refractivity contribution in [1.82, 2.24) is 10.4 Å². The molecule has 0 unspecified atom stereocenters.